The van der Waals surface area contributed by atoms with Gasteiger partial charge >= 0.3 is 0 Å². The van der Waals surface area contributed by atoms with Crippen molar-refractivity contribution in [1.29, 1.82) is 0 Å². The number of aromatic nitrogens is 4. The van der Waals surface area contributed by atoms with Crippen molar-refractivity contribution in [3.05, 3.63) is 64.7 Å². The number of nitrogens with one attached hydrogen (secondary N) is 2. The lowest BCUT2D eigenvalue weighted by Crippen LogP contribution is -2.44. The number of fused-ring (bicyclic) bond motifs is 7. The highest BCUT2D eigenvalue weighted by atomic mass is 19.1. The van der Waals surface area contributed by atoms with Crippen molar-refractivity contribution in [3.63, 3.8) is 0 Å². The lowest BCUT2D eigenvalue weighted by atomic mass is 9.53. The number of aryl methyl sites for hydroxylation is 1. The molecule has 1 amide bonds. The zero-order valence-electron chi connectivity index (χ0n) is 20.1. The summed E-state index contributed by atoms with van der Waals surface area (Å²) < 4.78 is 18.9. The van der Waals surface area contributed by atoms with Crippen LogP contribution in [0.4, 0.5) is 10.2 Å². The lowest BCUT2D eigenvalue weighted by molar-refractivity contribution is -0.116. The average molecular weight is 476 g/mol. The molecular formula is C27H30FN5O2. The van der Waals surface area contributed by atoms with E-state index < -0.39 is 0 Å². The first kappa shape index (κ1) is 22.2. The van der Waals surface area contributed by atoms with E-state index in [1.807, 2.05) is 12.3 Å². The molecule has 0 radical (unpaired) electrons. The molecular weight excluding hydrogens is 445 g/mol. The molecule has 2 aromatic heterocycles. The summed E-state index contributed by atoms with van der Waals surface area (Å²) in [5, 5.41) is 18.5. The second-order valence-corrected chi connectivity index (χ2v) is 10.5. The van der Waals surface area contributed by atoms with Crippen molar-refractivity contribution in [3.8, 4) is 5.88 Å². The fraction of sp³-hybridized carbons (Fsp3) is 0.481. The minimum Gasteiger partial charge on any atom is -0.480 e. The molecule has 2 N–H and O–H groups in total. The Morgan fingerprint density at radius 2 is 2.11 bits per heavy atom. The highest BCUT2D eigenvalue weighted by molar-refractivity contribution is 5.89. The van der Waals surface area contributed by atoms with Crippen LogP contribution in [0.2, 0.25) is 0 Å². The molecule has 1 saturated carbocycles. The number of carbonyl (C=O) groups excluding carboxylic acids is 1. The van der Waals surface area contributed by atoms with E-state index in [0.29, 0.717) is 35.9 Å². The number of carbonyl (C=O) groups is 1. The Morgan fingerprint density at radius 3 is 2.91 bits per heavy atom. The highest BCUT2D eigenvalue weighted by Gasteiger charge is 2.57. The first-order valence-electron chi connectivity index (χ1n) is 12.5. The van der Waals surface area contributed by atoms with Gasteiger partial charge in [0.15, 0.2) is 5.82 Å². The summed E-state index contributed by atoms with van der Waals surface area (Å²) in [4.78, 5) is 12.8. The van der Waals surface area contributed by atoms with Crippen LogP contribution in [0, 0.1) is 17.7 Å². The predicted octanol–water partition coefficient (Wildman–Crippen LogP) is 4.88. The number of hydrogen-bond donors (Lipinski definition) is 2. The molecule has 0 spiro atoms. The van der Waals surface area contributed by atoms with Gasteiger partial charge < -0.3 is 10.1 Å². The SMILES string of the molecule is COc1ccc(NC(=O)CC[C@@H]2c3cn[nH]c3[C@@]3(C)CCC4c5ccc(F)cc5CCC4C23)nn1. The van der Waals surface area contributed by atoms with E-state index in [0.717, 1.165) is 32.1 Å². The smallest absolute Gasteiger partial charge is 0.233 e. The number of anilines is 1. The minimum atomic E-state index is -0.143. The number of amides is 1. The lowest BCUT2D eigenvalue weighted by Gasteiger charge is -2.50. The molecule has 3 aliphatic carbocycles. The quantitative estimate of drug-likeness (QED) is 0.549. The van der Waals surface area contributed by atoms with Gasteiger partial charge in [0.2, 0.25) is 11.8 Å². The maximum Gasteiger partial charge on any atom is 0.233 e. The third kappa shape index (κ3) is 3.61. The van der Waals surface area contributed by atoms with Gasteiger partial charge in [-0.05, 0) is 90.7 Å². The number of hydrogen-bond acceptors (Lipinski definition) is 5. The zero-order chi connectivity index (χ0) is 24.2. The Bertz CT molecular complexity index is 1260. The van der Waals surface area contributed by atoms with E-state index in [1.165, 1.54) is 29.5 Å². The highest BCUT2D eigenvalue weighted by Crippen LogP contribution is 2.64. The molecule has 35 heavy (non-hydrogen) atoms. The van der Waals surface area contributed by atoms with Gasteiger partial charge in [-0.3, -0.25) is 9.89 Å². The van der Waals surface area contributed by atoms with Crippen LogP contribution in [0.3, 0.4) is 0 Å². The number of ether oxygens (including phenoxy) is 1. The number of methoxy groups -OCH3 is 1. The minimum absolute atomic E-state index is 0.0210. The summed E-state index contributed by atoms with van der Waals surface area (Å²) in [6.07, 6.45) is 7.25. The number of rotatable bonds is 5. The summed E-state index contributed by atoms with van der Waals surface area (Å²) in [6, 6.07) is 8.72. The molecule has 3 aliphatic rings. The number of halogens is 1. The summed E-state index contributed by atoms with van der Waals surface area (Å²) in [7, 11) is 1.53. The fourth-order valence-electron chi connectivity index (χ4n) is 7.38. The summed E-state index contributed by atoms with van der Waals surface area (Å²) in [6.45, 7) is 2.37. The average Bonchev–Trinajstić information content (AvgIpc) is 3.44. The van der Waals surface area contributed by atoms with Crippen LogP contribution in [0.1, 0.15) is 73.2 Å². The van der Waals surface area contributed by atoms with Crippen molar-refractivity contribution >= 4 is 11.7 Å². The van der Waals surface area contributed by atoms with Gasteiger partial charge in [0.1, 0.15) is 5.82 Å². The second-order valence-electron chi connectivity index (χ2n) is 10.5. The van der Waals surface area contributed by atoms with Gasteiger partial charge in [-0.1, -0.05) is 13.0 Å². The molecule has 7 nitrogen and oxygen atoms in total. The first-order valence-corrected chi connectivity index (χ1v) is 12.5. The van der Waals surface area contributed by atoms with E-state index in [4.69, 9.17) is 4.74 Å². The van der Waals surface area contributed by atoms with Crippen molar-refractivity contribution in [2.75, 3.05) is 12.4 Å². The number of aromatic amines is 1. The van der Waals surface area contributed by atoms with Crippen LogP contribution in [0.25, 0.3) is 0 Å². The molecule has 6 rings (SSSR count). The van der Waals surface area contributed by atoms with Gasteiger partial charge in [-0.2, -0.15) is 5.10 Å². The molecule has 0 bridgehead atoms. The third-order valence-corrected chi connectivity index (χ3v) is 8.81. The Kier molecular flexibility index (Phi) is 5.34. The summed E-state index contributed by atoms with van der Waals surface area (Å²) in [5.74, 6) is 2.26. The van der Waals surface area contributed by atoms with Crippen LogP contribution in [-0.2, 0) is 16.6 Å². The third-order valence-electron chi connectivity index (χ3n) is 8.81. The molecule has 1 aromatic carbocycles. The van der Waals surface area contributed by atoms with Crippen molar-refractivity contribution in [2.24, 2.45) is 11.8 Å². The van der Waals surface area contributed by atoms with Gasteiger partial charge in [-0.15, -0.1) is 10.2 Å². The van der Waals surface area contributed by atoms with E-state index in [9.17, 15) is 9.18 Å². The monoisotopic (exact) mass is 475 g/mol. The maximum absolute atomic E-state index is 13.9. The topological polar surface area (TPSA) is 92.8 Å². The van der Waals surface area contributed by atoms with Crippen LogP contribution in [-0.4, -0.2) is 33.4 Å². The molecule has 2 heterocycles. The normalized spacial score (nSPS) is 28.4. The Balaban J connectivity index is 1.24. The second kappa shape index (κ2) is 8.43. The first-order chi connectivity index (χ1) is 17.0. The van der Waals surface area contributed by atoms with E-state index in [2.05, 4.69) is 32.6 Å². The van der Waals surface area contributed by atoms with Crippen LogP contribution < -0.4 is 10.1 Å². The molecule has 3 unspecified atom stereocenters. The van der Waals surface area contributed by atoms with E-state index >= 15 is 0 Å². The Morgan fingerprint density at radius 1 is 1.23 bits per heavy atom. The predicted molar refractivity (Wildman–Crippen MR) is 129 cm³/mol. The molecule has 8 heteroatoms. The number of nitrogens with zero attached hydrogens (tertiary/aromatic N) is 3. The van der Waals surface area contributed by atoms with E-state index in [1.54, 1.807) is 24.3 Å². The van der Waals surface area contributed by atoms with Crippen molar-refractivity contribution in [2.45, 2.75) is 62.7 Å². The van der Waals surface area contributed by atoms with Crippen molar-refractivity contribution < 1.29 is 13.9 Å². The van der Waals surface area contributed by atoms with Gasteiger partial charge in [-0.25, -0.2) is 4.39 Å². The summed E-state index contributed by atoms with van der Waals surface area (Å²) in [5.41, 5.74) is 5.03. The number of benzene rings is 1. The molecule has 0 saturated heterocycles. The Hall–Kier alpha value is -3.29. The van der Waals surface area contributed by atoms with E-state index in [-0.39, 0.29) is 23.1 Å². The van der Waals surface area contributed by atoms with Crippen LogP contribution in [0.5, 0.6) is 5.88 Å². The molecule has 182 valence electrons. The van der Waals surface area contributed by atoms with Crippen molar-refractivity contribution in [1.82, 2.24) is 20.4 Å². The molecule has 0 aliphatic heterocycles. The van der Waals surface area contributed by atoms with Gasteiger partial charge in [0, 0.05) is 23.6 Å². The fourth-order valence-corrected chi connectivity index (χ4v) is 7.38. The van der Waals surface area contributed by atoms with Gasteiger partial charge in [0.25, 0.3) is 0 Å². The standard InChI is InChI=1S/C27H30FN5O2/c1-27-12-11-18-17-6-4-16(28)13-15(17)3-5-19(18)25(27)20(21-14-29-33-26(21)27)7-9-23(34)30-22-8-10-24(35-2)32-31-22/h4,6,8,10,13-14,18-20,25H,3,5,7,9,11-12H2,1-2H3,(H,29,33)(H,30,31,34)/t18?,19?,20-,25?,27+/m1/s1. The number of H-pyrrole nitrogens is 1. The zero-order valence-corrected chi connectivity index (χ0v) is 20.1. The molecule has 1 fully saturated rings. The van der Waals surface area contributed by atoms with Crippen LogP contribution in [0.15, 0.2) is 36.5 Å². The maximum atomic E-state index is 13.9. The largest absolute Gasteiger partial charge is 0.480 e. The van der Waals surface area contributed by atoms with Gasteiger partial charge in [0.05, 0.1) is 13.3 Å². The Labute approximate surface area is 203 Å². The summed E-state index contributed by atoms with van der Waals surface area (Å²) >= 11 is 0. The molecule has 3 aromatic rings. The van der Waals surface area contributed by atoms with Crippen LogP contribution >= 0.6 is 0 Å². The molecule has 5 atom stereocenters.